The van der Waals surface area contributed by atoms with Gasteiger partial charge in [-0.25, -0.2) is 0 Å². The van der Waals surface area contributed by atoms with Crippen molar-refractivity contribution in [2.24, 2.45) is 0 Å². The SMILES string of the molecule is CC/C=C\C/C=C\C/C=C\C/C=C\CCCCCCCCCCC(=O)OCC(COC(=O)CCCCCCCCCCC/C=C\CCCCCCCC)OC(=O)CCCCCCCC/C=C\C/C=C\C/C=C\CCCCC. The first-order chi connectivity index (χ1) is 38.0. The van der Waals surface area contributed by atoms with Gasteiger partial charge in [-0.1, -0.05) is 272 Å². The Hall–Kier alpha value is -3.67. The van der Waals surface area contributed by atoms with Crippen LogP contribution >= 0.6 is 0 Å². The summed E-state index contributed by atoms with van der Waals surface area (Å²) in [6.07, 6.45) is 86.9. The van der Waals surface area contributed by atoms with Gasteiger partial charge in [-0.2, -0.15) is 0 Å². The third-order valence-corrected chi connectivity index (χ3v) is 14.0. The number of unbranched alkanes of at least 4 members (excludes halogenated alkanes) is 32. The Morgan fingerprint density at radius 1 is 0.273 bits per heavy atom. The van der Waals surface area contributed by atoms with Gasteiger partial charge in [0.1, 0.15) is 13.2 Å². The molecule has 1 atom stereocenters. The highest BCUT2D eigenvalue weighted by Crippen LogP contribution is 2.16. The number of hydrogen-bond donors (Lipinski definition) is 0. The van der Waals surface area contributed by atoms with Crippen LogP contribution in [0, 0.1) is 0 Å². The van der Waals surface area contributed by atoms with Crippen LogP contribution in [0.25, 0.3) is 0 Å². The molecule has 1 unspecified atom stereocenters. The van der Waals surface area contributed by atoms with E-state index in [9.17, 15) is 14.4 Å². The third kappa shape index (κ3) is 63.0. The largest absolute Gasteiger partial charge is 0.462 e. The van der Waals surface area contributed by atoms with E-state index in [0.29, 0.717) is 19.3 Å². The molecule has 0 rings (SSSR count). The minimum atomic E-state index is -0.792. The number of ether oxygens (including phenoxy) is 3. The van der Waals surface area contributed by atoms with Crippen LogP contribution in [-0.4, -0.2) is 37.2 Å². The summed E-state index contributed by atoms with van der Waals surface area (Å²) in [5.41, 5.74) is 0. The van der Waals surface area contributed by atoms with Gasteiger partial charge in [-0.3, -0.25) is 14.4 Å². The second-order valence-corrected chi connectivity index (χ2v) is 21.6. The normalized spacial score (nSPS) is 12.7. The molecule has 6 heteroatoms. The molecule has 442 valence electrons. The number of esters is 3. The lowest BCUT2D eigenvalue weighted by Gasteiger charge is -2.18. The van der Waals surface area contributed by atoms with Crippen molar-refractivity contribution in [3.8, 4) is 0 Å². The van der Waals surface area contributed by atoms with E-state index in [1.807, 2.05) is 0 Å². The summed E-state index contributed by atoms with van der Waals surface area (Å²) in [4.78, 5) is 38.4. The Balaban J connectivity index is 4.42. The minimum absolute atomic E-state index is 0.0858. The molecule has 0 aromatic heterocycles. The Bertz CT molecular complexity index is 1510. The Labute approximate surface area is 477 Å². The third-order valence-electron chi connectivity index (χ3n) is 14.0. The molecule has 0 aromatic carbocycles. The van der Waals surface area contributed by atoms with Gasteiger partial charge in [-0.15, -0.1) is 0 Å². The Kier molecular flexibility index (Phi) is 61.8. The van der Waals surface area contributed by atoms with E-state index >= 15 is 0 Å². The topological polar surface area (TPSA) is 78.9 Å². The van der Waals surface area contributed by atoms with Gasteiger partial charge in [0.25, 0.3) is 0 Å². The maximum absolute atomic E-state index is 12.9. The minimum Gasteiger partial charge on any atom is -0.462 e. The zero-order valence-electron chi connectivity index (χ0n) is 50.7. The highest BCUT2D eigenvalue weighted by atomic mass is 16.6. The summed E-state index contributed by atoms with van der Waals surface area (Å²) in [5.74, 6) is -0.897. The van der Waals surface area contributed by atoms with Crippen molar-refractivity contribution in [1.29, 1.82) is 0 Å². The summed E-state index contributed by atoms with van der Waals surface area (Å²) >= 11 is 0. The number of allylic oxidation sites excluding steroid dienone is 16. The molecule has 0 fully saturated rings. The molecule has 0 aliphatic carbocycles. The maximum atomic E-state index is 12.9. The zero-order chi connectivity index (χ0) is 55.7. The second-order valence-electron chi connectivity index (χ2n) is 21.6. The lowest BCUT2D eigenvalue weighted by Crippen LogP contribution is -2.30. The van der Waals surface area contributed by atoms with Crippen molar-refractivity contribution in [3.05, 3.63) is 97.2 Å². The van der Waals surface area contributed by atoms with Crippen molar-refractivity contribution >= 4 is 17.9 Å². The smallest absolute Gasteiger partial charge is 0.306 e. The average molecular weight is 1070 g/mol. The fourth-order valence-corrected chi connectivity index (χ4v) is 9.14. The van der Waals surface area contributed by atoms with E-state index in [0.717, 1.165) is 116 Å². The quantitative estimate of drug-likeness (QED) is 0.0261. The summed E-state index contributed by atoms with van der Waals surface area (Å²) in [6, 6.07) is 0. The van der Waals surface area contributed by atoms with Crippen LogP contribution in [0.15, 0.2) is 97.2 Å². The number of rotatable bonds is 59. The zero-order valence-corrected chi connectivity index (χ0v) is 50.7. The van der Waals surface area contributed by atoms with Crippen LogP contribution < -0.4 is 0 Å². The molecule has 0 N–H and O–H groups in total. The van der Waals surface area contributed by atoms with Gasteiger partial charge < -0.3 is 14.2 Å². The molecule has 77 heavy (non-hydrogen) atoms. The fourth-order valence-electron chi connectivity index (χ4n) is 9.14. The molecule has 0 bridgehead atoms. The van der Waals surface area contributed by atoms with E-state index < -0.39 is 6.10 Å². The number of carbonyl (C=O) groups excluding carboxylic acids is 3. The Morgan fingerprint density at radius 3 is 0.831 bits per heavy atom. The molecule has 0 radical (unpaired) electrons. The van der Waals surface area contributed by atoms with E-state index in [1.165, 1.54) is 161 Å². The van der Waals surface area contributed by atoms with Gasteiger partial charge in [-0.05, 0) is 122 Å². The molecule has 0 aliphatic heterocycles. The summed E-state index contributed by atoms with van der Waals surface area (Å²) in [6.45, 7) is 6.51. The molecule has 0 spiro atoms. The van der Waals surface area contributed by atoms with Crippen molar-refractivity contribution in [2.75, 3.05) is 13.2 Å². The molecule has 6 nitrogen and oxygen atoms in total. The molecular formula is C71H122O6. The van der Waals surface area contributed by atoms with E-state index in [-0.39, 0.29) is 31.1 Å². The highest BCUT2D eigenvalue weighted by molar-refractivity contribution is 5.71. The lowest BCUT2D eigenvalue weighted by atomic mass is 10.1. The summed E-state index contributed by atoms with van der Waals surface area (Å²) in [7, 11) is 0. The van der Waals surface area contributed by atoms with Crippen molar-refractivity contribution in [2.45, 2.75) is 322 Å². The van der Waals surface area contributed by atoms with Crippen LogP contribution in [0.2, 0.25) is 0 Å². The van der Waals surface area contributed by atoms with E-state index in [4.69, 9.17) is 14.2 Å². The fraction of sp³-hybridized carbons (Fsp3) is 0.732. The Morgan fingerprint density at radius 2 is 0.506 bits per heavy atom. The van der Waals surface area contributed by atoms with Crippen molar-refractivity contribution in [3.63, 3.8) is 0 Å². The molecule has 0 aliphatic rings. The molecule has 0 saturated heterocycles. The average Bonchev–Trinajstić information content (AvgIpc) is 3.43. The van der Waals surface area contributed by atoms with Crippen LogP contribution in [0.4, 0.5) is 0 Å². The van der Waals surface area contributed by atoms with Crippen LogP contribution in [0.5, 0.6) is 0 Å². The number of hydrogen-bond acceptors (Lipinski definition) is 6. The first-order valence-electron chi connectivity index (χ1n) is 32.7. The predicted octanol–water partition coefficient (Wildman–Crippen LogP) is 22.4. The van der Waals surface area contributed by atoms with Crippen LogP contribution in [-0.2, 0) is 28.6 Å². The predicted molar refractivity (Wildman–Crippen MR) is 334 cm³/mol. The van der Waals surface area contributed by atoms with Crippen molar-refractivity contribution < 1.29 is 28.6 Å². The summed E-state index contributed by atoms with van der Waals surface area (Å²) in [5, 5.41) is 0. The standard InChI is InChI=1S/C71H122O6/c1-4-7-10-13-16-19-22-25-28-31-34-35-38-40-43-46-49-52-55-58-61-64-70(73)76-67-68(77-71(74)65-62-59-56-53-50-47-44-41-37-33-30-27-24-21-18-15-12-9-6-3)66-75-69(72)63-60-57-54-51-48-45-42-39-36-32-29-26-23-20-17-14-11-8-5-2/h7,10,16,18-19,21,25-30,34-35,37,41,68H,4-6,8-9,11-15,17,20,22-24,31-33,36,38-40,42-67H2,1-3H3/b10-7-,19-16-,21-18-,28-25-,29-26-,30-27-,35-34-,41-37-. The van der Waals surface area contributed by atoms with Gasteiger partial charge in [0, 0.05) is 19.3 Å². The van der Waals surface area contributed by atoms with Gasteiger partial charge in [0.05, 0.1) is 0 Å². The molecule has 0 heterocycles. The van der Waals surface area contributed by atoms with Gasteiger partial charge in [0.2, 0.25) is 0 Å². The summed E-state index contributed by atoms with van der Waals surface area (Å²) < 4.78 is 17.0. The van der Waals surface area contributed by atoms with Gasteiger partial charge in [0.15, 0.2) is 6.10 Å². The monoisotopic (exact) mass is 1070 g/mol. The maximum Gasteiger partial charge on any atom is 0.306 e. The second kappa shape index (κ2) is 64.9. The molecule has 0 saturated carbocycles. The first-order valence-corrected chi connectivity index (χ1v) is 32.7. The van der Waals surface area contributed by atoms with E-state index in [2.05, 4.69) is 118 Å². The first kappa shape index (κ1) is 73.3. The molecular weight excluding hydrogens is 949 g/mol. The molecule has 0 amide bonds. The van der Waals surface area contributed by atoms with Crippen LogP contribution in [0.3, 0.4) is 0 Å². The molecule has 0 aromatic rings. The highest BCUT2D eigenvalue weighted by Gasteiger charge is 2.19. The van der Waals surface area contributed by atoms with Crippen LogP contribution in [0.1, 0.15) is 316 Å². The van der Waals surface area contributed by atoms with Crippen molar-refractivity contribution in [1.82, 2.24) is 0 Å². The number of carbonyl (C=O) groups is 3. The lowest BCUT2D eigenvalue weighted by molar-refractivity contribution is -0.167. The van der Waals surface area contributed by atoms with Gasteiger partial charge >= 0.3 is 17.9 Å². The van der Waals surface area contributed by atoms with E-state index in [1.54, 1.807) is 0 Å².